The number of aromatic nitrogens is 1. The van der Waals surface area contributed by atoms with Gasteiger partial charge in [-0.05, 0) is 41.5 Å². The summed E-state index contributed by atoms with van der Waals surface area (Å²) in [5, 5.41) is 22.0. The molecule has 5 rings (SSSR count). The Hall–Kier alpha value is -4.39. The molecule has 1 aliphatic heterocycles. The number of nitrogens with zero attached hydrogens (tertiary/aromatic N) is 1. The molecule has 6 nitrogen and oxygen atoms in total. The van der Waals surface area contributed by atoms with E-state index in [9.17, 15) is 24.2 Å². The number of amides is 1. The Morgan fingerprint density at radius 1 is 1.00 bits per heavy atom. The second-order valence-corrected chi connectivity index (χ2v) is 7.90. The van der Waals surface area contributed by atoms with Gasteiger partial charge in [0.1, 0.15) is 17.3 Å². The van der Waals surface area contributed by atoms with Crippen molar-refractivity contribution in [3.63, 3.8) is 0 Å². The van der Waals surface area contributed by atoms with Gasteiger partial charge in [0.15, 0.2) is 0 Å². The molecule has 3 N–H and O–H groups in total. The number of Topliss-reactive ketones (excluding diaryl/α,β-unsaturated/α-hetero) is 1. The number of aliphatic hydroxyl groups is 1. The van der Waals surface area contributed by atoms with Crippen LogP contribution in [0, 0.1) is 5.82 Å². The van der Waals surface area contributed by atoms with Gasteiger partial charge in [-0.3, -0.25) is 9.59 Å². The van der Waals surface area contributed by atoms with E-state index in [2.05, 4.69) is 4.98 Å². The molecule has 1 aliphatic rings. The van der Waals surface area contributed by atoms with Gasteiger partial charge >= 0.3 is 0 Å². The number of aromatic hydroxyl groups is 1. The Balaban J connectivity index is 1.68. The lowest BCUT2D eigenvalue weighted by Gasteiger charge is -2.25. The van der Waals surface area contributed by atoms with E-state index >= 15 is 0 Å². The number of nitrogens with one attached hydrogen (secondary N) is 1. The highest BCUT2D eigenvalue weighted by molar-refractivity contribution is 6.46. The molecular formula is C26H19FN2O4. The molecule has 1 fully saturated rings. The summed E-state index contributed by atoms with van der Waals surface area (Å²) >= 11 is 0. The molecule has 1 atom stereocenters. The number of aliphatic hydroxyl groups excluding tert-OH is 1. The molecule has 7 heteroatoms. The molecule has 1 saturated heterocycles. The van der Waals surface area contributed by atoms with Crippen LogP contribution >= 0.6 is 0 Å². The van der Waals surface area contributed by atoms with E-state index in [1.165, 1.54) is 41.3 Å². The first-order chi connectivity index (χ1) is 15.9. The van der Waals surface area contributed by atoms with E-state index in [1.807, 2.05) is 18.2 Å². The van der Waals surface area contributed by atoms with E-state index in [-0.39, 0.29) is 23.6 Å². The number of ketones is 1. The van der Waals surface area contributed by atoms with E-state index in [0.29, 0.717) is 22.1 Å². The van der Waals surface area contributed by atoms with Crippen molar-refractivity contribution < 1.29 is 24.2 Å². The summed E-state index contributed by atoms with van der Waals surface area (Å²) < 4.78 is 13.4. The number of rotatable bonds is 4. The summed E-state index contributed by atoms with van der Waals surface area (Å²) in [4.78, 5) is 30.6. The molecule has 1 unspecified atom stereocenters. The zero-order valence-corrected chi connectivity index (χ0v) is 17.3. The van der Waals surface area contributed by atoms with Crippen LogP contribution in [0.3, 0.4) is 0 Å². The van der Waals surface area contributed by atoms with E-state index in [4.69, 9.17) is 0 Å². The van der Waals surface area contributed by atoms with Crippen LogP contribution in [0.5, 0.6) is 5.75 Å². The fourth-order valence-corrected chi connectivity index (χ4v) is 4.28. The van der Waals surface area contributed by atoms with Crippen molar-refractivity contribution in [3.05, 3.63) is 107 Å². The Bertz CT molecular complexity index is 1420. The van der Waals surface area contributed by atoms with Crippen molar-refractivity contribution in [2.45, 2.75) is 12.6 Å². The first-order valence-corrected chi connectivity index (χ1v) is 10.3. The van der Waals surface area contributed by atoms with Crippen molar-refractivity contribution in [2.24, 2.45) is 0 Å². The lowest BCUT2D eigenvalue weighted by Crippen LogP contribution is -2.29. The lowest BCUT2D eigenvalue weighted by molar-refractivity contribution is -0.140. The lowest BCUT2D eigenvalue weighted by atomic mass is 9.95. The monoisotopic (exact) mass is 442 g/mol. The fourth-order valence-electron chi connectivity index (χ4n) is 4.28. The number of hydrogen-bond donors (Lipinski definition) is 3. The minimum absolute atomic E-state index is 0.0237. The molecule has 0 bridgehead atoms. The average molecular weight is 442 g/mol. The molecule has 4 aromatic rings. The van der Waals surface area contributed by atoms with Gasteiger partial charge in [-0.25, -0.2) is 4.39 Å². The Labute approximate surface area is 188 Å². The summed E-state index contributed by atoms with van der Waals surface area (Å²) in [5.41, 5.74) is 2.19. The van der Waals surface area contributed by atoms with Gasteiger partial charge < -0.3 is 20.1 Å². The highest BCUT2D eigenvalue weighted by Crippen LogP contribution is 2.41. The number of H-pyrrole nitrogens is 1. The number of para-hydroxylation sites is 1. The third-order valence-corrected chi connectivity index (χ3v) is 5.84. The summed E-state index contributed by atoms with van der Waals surface area (Å²) in [6.07, 6.45) is 1.59. The molecule has 1 amide bonds. The van der Waals surface area contributed by atoms with Crippen LogP contribution in [0.2, 0.25) is 0 Å². The first kappa shape index (κ1) is 20.5. The summed E-state index contributed by atoms with van der Waals surface area (Å²) in [7, 11) is 0. The topological polar surface area (TPSA) is 93.6 Å². The van der Waals surface area contributed by atoms with Crippen molar-refractivity contribution in [3.8, 4) is 5.75 Å². The van der Waals surface area contributed by atoms with Crippen LogP contribution in [-0.4, -0.2) is 31.8 Å². The number of fused-ring (bicyclic) bond motifs is 1. The Morgan fingerprint density at radius 2 is 1.76 bits per heavy atom. The largest absolute Gasteiger partial charge is 0.508 e. The van der Waals surface area contributed by atoms with E-state index in [1.54, 1.807) is 24.4 Å². The molecule has 164 valence electrons. The maximum absolute atomic E-state index is 13.4. The second-order valence-electron chi connectivity index (χ2n) is 7.90. The van der Waals surface area contributed by atoms with Gasteiger partial charge in [-0.2, -0.15) is 0 Å². The molecule has 33 heavy (non-hydrogen) atoms. The van der Waals surface area contributed by atoms with E-state index < -0.39 is 23.5 Å². The number of phenols is 1. The van der Waals surface area contributed by atoms with Crippen LogP contribution in [-0.2, 0) is 16.1 Å². The van der Waals surface area contributed by atoms with Crippen molar-refractivity contribution in [1.29, 1.82) is 0 Å². The molecule has 2 heterocycles. The van der Waals surface area contributed by atoms with Gasteiger partial charge in [-0.15, -0.1) is 0 Å². The van der Waals surface area contributed by atoms with Gasteiger partial charge in [0.2, 0.25) is 0 Å². The number of phenolic OH excluding ortho intramolecular Hbond substituents is 1. The number of carbonyl (C=O) groups is 2. The normalized spacial score (nSPS) is 17.7. The van der Waals surface area contributed by atoms with Gasteiger partial charge in [0, 0.05) is 29.2 Å². The predicted molar refractivity (Wildman–Crippen MR) is 121 cm³/mol. The number of hydrogen-bond acceptors (Lipinski definition) is 4. The standard InChI is InChI=1S/C26H19FN2O4/c27-17-10-8-15(9-11-17)14-29-23(16-4-3-5-18(30)12-16)22(25(32)26(29)33)24(31)20-13-28-21-7-2-1-6-19(20)21/h1-13,23,28,30-31H,14H2/b24-22-. The molecule has 3 aromatic carbocycles. The molecular weight excluding hydrogens is 423 g/mol. The number of aromatic amines is 1. The molecule has 1 aromatic heterocycles. The van der Waals surface area contributed by atoms with Gasteiger partial charge in [0.05, 0.1) is 11.6 Å². The highest BCUT2D eigenvalue weighted by Gasteiger charge is 2.46. The Kier molecular flexibility index (Phi) is 4.94. The molecule has 0 aliphatic carbocycles. The number of benzene rings is 3. The van der Waals surface area contributed by atoms with Crippen LogP contribution in [0.25, 0.3) is 16.7 Å². The van der Waals surface area contributed by atoms with E-state index in [0.717, 1.165) is 5.52 Å². The second kappa shape index (κ2) is 7.94. The molecule has 0 spiro atoms. The van der Waals surface area contributed by atoms with Gasteiger partial charge in [-0.1, -0.05) is 42.5 Å². The SMILES string of the molecule is O=C1C(=O)N(Cc2ccc(F)cc2)C(c2cccc(O)c2)/C1=C(/O)c1c[nH]c2ccccc12. The number of likely N-dealkylation sites (tertiary alicyclic amines) is 1. The maximum Gasteiger partial charge on any atom is 0.295 e. The zero-order valence-electron chi connectivity index (χ0n) is 17.3. The summed E-state index contributed by atoms with van der Waals surface area (Å²) in [6, 6.07) is 18.2. The third-order valence-electron chi connectivity index (χ3n) is 5.84. The smallest absolute Gasteiger partial charge is 0.295 e. The van der Waals surface area contributed by atoms with Crippen molar-refractivity contribution in [1.82, 2.24) is 9.88 Å². The minimum Gasteiger partial charge on any atom is -0.508 e. The first-order valence-electron chi connectivity index (χ1n) is 10.3. The van der Waals surface area contributed by atoms with Gasteiger partial charge in [0.25, 0.3) is 11.7 Å². The van der Waals surface area contributed by atoms with Crippen LogP contribution < -0.4 is 0 Å². The van der Waals surface area contributed by atoms with Crippen molar-refractivity contribution >= 4 is 28.4 Å². The van der Waals surface area contributed by atoms with Crippen LogP contribution in [0.15, 0.2) is 84.6 Å². The van der Waals surface area contributed by atoms with Crippen LogP contribution in [0.4, 0.5) is 4.39 Å². The third kappa shape index (κ3) is 3.53. The quantitative estimate of drug-likeness (QED) is 0.244. The predicted octanol–water partition coefficient (Wildman–Crippen LogP) is 4.63. The fraction of sp³-hybridized carbons (Fsp3) is 0.0769. The molecule has 0 saturated carbocycles. The zero-order chi connectivity index (χ0) is 23.1. The highest BCUT2D eigenvalue weighted by atomic mass is 19.1. The summed E-state index contributed by atoms with van der Waals surface area (Å²) in [6.45, 7) is 0.0237. The summed E-state index contributed by atoms with van der Waals surface area (Å²) in [5.74, 6) is -2.36. The van der Waals surface area contributed by atoms with Crippen LogP contribution in [0.1, 0.15) is 22.7 Å². The maximum atomic E-state index is 13.4. The Morgan fingerprint density at radius 3 is 2.52 bits per heavy atom. The molecule has 0 radical (unpaired) electrons. The average Bonchev–Trinajstić information content (AvgIpc) is 3.35. The number of carbonyl (C=O) groups excluding carboxylic acids is 2. The minimum atomic E-state index is -0.934. The van der Waals surface area contributed by atoms with Crippen molar-refractivity contribution in [2.75, 3.05) is 0 Å². The number of halogens is 1.